The van der Waals surface area contributed by atoms with Gasteiger partial charge in [0, 0.05) is 26.4 Å². The van der Waals surface area contributed by atoms with E-state index < -0.39 is 53.5 Å². The predicted molar refractivity (Wildman–Crippen MR) is 196 cm³/mol. The summed E-state index contributed by atoms with van der Waals surface area (Å²) in [4.78, 5) is 40.1. The van der Waals surface area contributed by atoms with Crippen LogP contribution in [0.5, 0.6) is 5.75 Å². The number of hydrogen-bond acceptors (Lipinski definition) is 8. The number of unbranched alkanes of at least 4 members (excludes halogenated alkanes) is 9. The van der Waals surface area contributed by atoms with Gasteiger partial charge in [0.1, 0.15) is 17.4 Å². The van der Waals surface area contributed by atoms with Gasteiger partial charge in [-0.2, -0.15) is 0 Å². The summed E-state index contributed by atoms with van der Waals surface area (Å²) in [6, 6.07) is 6.02. The Labute approximate surface area is 305 Å². The van der Waals surface area contributed by atoms with Crippen LogP contribution < -0.4 is 10.1 Å². The SMILES string of the molecule is CCCCCCCC(F)(F)CCCCCC/C=C/[C@H](C(=O)N[C@@H](Cc1ccc(OCCCC)cc1)C(=O)OC)[C@@](O)(COC)C(=O)OC(C)(C)C. The Kier molecular flexibility index (Phi) is 21.8. The molecule has 0 aliphatic heterocycles. The van der Waals surface area contributed by atoms with E-state index in [1.807, 2.05) is 0 Å². The highest BCUT2D eigenvalue weighted by atomic mass is 19.3. The molecule has 0 aliphatic rings. The molecule has 0 fully saturated rings. The number of methoxy groups -OCH3 is 2. The maximum atomic E-state index is 14.3. The fourth-order valence-electron chi connectivity index (χ4n) is 5.56. The Hall–Kier alpha value is -3.05. The highest BCUT2D eigenvalue weighted by Gasteiger charge is 2.50. The van der Waals surface area contributed by atoms with Crippen molar-refractivity contribution in [2.75, 3.05) is 27.4 Å². The zero-order valence-electron chi connectivity index (χ0n) is 32.2. The maximum absolute atomic E-state index is 14.3. The lowest BCUT2D eigenvalue weighted by atomic mass is 9.85. The minimum atomic E-state index is -2.64. The molecule has 9 nitrogen and oxygen atoms in total. The van der Waals surface area contributed by atoms with Crippen LogP contribution in [0, 0.1) is 5.92 Å². The summed E-state index contributed by atoms with van der Waals surface area (Å²) in [7, 11) is 2.50. The summed E-state index contributed by atoms with van der Waals surface area (Å²) in [5, 5.41) is 14.4. The zero-order chi connectivity index (χ0) is 38.3. The molecule has 3 atom stereocenters. The number of nitrogens with one attached hydrogen (secondary N) is 1. The molecule has 1 rings (SSSR count). The van der Waals surface area contributed by atoms with Gasteiger partial charge in [-0.1, -0.05) is 83.1 Å². The first-order valence-corrected chi connectivity index (χ1v) is 18.7. The number of rotatable bonds is 27. The lowest BCUT2D eigenvalue weighted by Crippen LogP contribution is -2.58. The highest BCUT2D eigenvalue weighted by Crippen LogP contribution is 2.29. The van der Waals surface area contributed by atoms with Crippen molar-refractivity contribution >= 4 is 17.8 Å². The number of aliphatic hydroxyl groups is 1. The summed E-state index contributed by atoms with van der Waals surface area (Å²) in [5.41, 5.74) is -2.68. The van der Waals surface area contributed by atoms with Crippen LogP contribution in [-0.2, 0) is 35.0 Å². The lowest BCUT2D eigenvalue weighted by molar-refractivity contribution is -0.189. The maximum Gasteiger partial charge on any atom is 0.342 e. The third kappa shape index (κ3) is 18.8. The lowest BCUT2D eigenvalue weighted by Gasteiger charge is -2.34. The van der Waals surface area contributed by atoms with Crippen molar-refractivity contribution in [1.82, 2.24) is 5.32 Å². The first-order valence-electron chi connectivity index (χ1n) is 18.7. The average Bonchev–Trinajstić information content (AvgIpc) is 3.06. The van der Waals surface area contributed by atoms with Crippen LogP contribution in [0.2, 0.25) is 0 Å². The number of carbonyl (C=O) groups excluding carboxylic acids is 3. The van der Waals surface area contributed by atoms with Gasteiger partial charge in [-0.25, -0.2) is 18.4 Å². The molecule has 0 saturated carbocycles. The topological polar surface area (TPSA) is 120 Å². The van der Waals surface area contributed by atoms with Crippen LogP contribution in [0.25, 0.3) is 0 Å². The van der Waals surface area contributed by atoms with Crippen LogP contribution in [0.3, 0.4) is 0 Å². The van der Waals surface area contributed by atoms with E-state index in [9.17, 15) is 28.3 Å². The van der Waals surface area contributed by atoms with Gasteiger partial charge in [-0.15, -0.1) is 0 Å². The number of hydrogen-bond donors (Lipinski definition) is 2. The summed E-state index contributed by atoms with van der Waals surface area (Å²) in [6.45, 7) is 9.12. The van der Waals surface area contributed by atoms with Crippen molar-refractivity contribution < 1.29 is 47.2 Å². The van der Waals surface area contributed by atoms with Crippen LogP contribution in [0.4, 0.5) is 8.78 Å². The number of carbonyl (C=O) groups is 3. The molecule has 1 amide bonds. The first-order chi connectivity index (χ1) is 24.1. The van der Waals surface area contributed by atoms with E-state index in [0.717, 1.165) is 44.1 Å². The second-order valence-corrected chi connectivity index (χ2v) is 14.4. The Morgan fingerprint density at radius 3 is 2.00 bits per heavy atom. The van der Waals surface area contributed by atoms with Crippen molar-refractivity contribution in [1.29, 1.82) is 0 Å². The Morgan fingerprint density at radius 1 is 0.863 bits per heavy atom. The third-order valence-electron chi connectivity index (χ3n) is 8.48. The van der Waals surface area contributed by atoms with Gasteiger partial charge >= 0.3 is 11.9 Å². The molecular weight excluding hydrogens is 660 g/mol. The van der Waals surface area contributed by atoms with Crippen molar-refractivity contribution in [3.63, 3.8) is 0 Å². The minimum Gasteiger partial charge on any atom is -0.494 e. The molecule has 0 aliphatic carbocycles. The number of esters is 2. The van der Waals surface area contributed by atoms with Crippen molar-refractivity contribution in [2.24, 2.45) is 5.92 Å². The number of benzene rings is 1. The standard InChI is InChI=1S/C40H65F2NO8/c1-8-10-12-16-19-26-39(41,42)27-20-17-14-13-15-18-21-33(40(47,30-48-6)37(46)51-38(3,4)5)35(44)43-34(36(45)49-7)29-31-22-24-32(25-23-31)50-28-11-9-2/h18,21-25,33-34,47H,8-17,19-20,26-30H2,1-7H3,(H,43,44)/b21-18+/t33-,34+,40+/m1/s1. The van der Waals surface area contributed by atoms with E-state index in [0.29, 0.717) is 50.9 Å². The van der Waals surface area contributed by atoms with E-state index in [2.05, 4.69) is 19.2 Å². The zero-order valence-corrected chi connectivity index (χ0v) is 32.2. The summed E-state index contributed by atoms with van der Waals surface area (Å²) in [5.74, 6) is -6.02. The molecule has 1 aromatic rings. The second-order valence-electron chi connectivity index (χ2n) is 14.4. The molecule has 292 valence electrons. The van der Waals surface area contributed by atoms with Gasteiger partial charge in [0.15, 0.2) is 0 Å². The summed E-state index contributed by atoms with van der Waals surface area (Å²) < 4.78 is 49.9. The van der Waals surface area contributed by atoms with E-state index in [1.165, 1.54) is 20.3 Å². The van der Waals surface area contributed by atoms with Gasteiger partial charge in [-0.3, -0.25) is 4.79 Å². The fraction of sp³-hybridized carbons (Fsp3) is 0.725. The van der Waals surface area contributed by atoms with E-state index in [4.69, 9.17) is 18.9 Å². The largest absolute Gasteiger partial charge is 0.494 e. The molecule has 1 aromatic carbocycles. The van der Waals surface area contributed by atoms with E-state index >= 15 is 0 Å². The molecule has 0 unspecified atom stereocenters. The molecule has 0 heterocycles. The molecule has 0 spiro atoms. The van der Waals surface area contributed by atoms with Gasteiger partial charge in [0.25, 0.3) is 0 Å². The second kappa shape index (κ2) is 24.2. The molecule has 0 aromatic heterocycles. The molecular formula is C40H65F2NO8. The quantitative estimate of drug-likeness (QED) is 0.0528. The number of amides is 1. The Balaban J connectivity index is 3.04. The Morgan fingerprint density at radius 2 is 1.45 bits per heavy atom. The van der Waals surface area contributed by atoms with Gasteiger partial charge < -0.3 is 29.4 Å². The normalized spacial score (nSPS) is 14.5. The molecule has 0 saturated heterocycles. The number of halogens is 2. The minimum absolute atomic E-state index is 0.0673. The molecule has 2 N–H and O–H groups in total. The Bertz CT molecular complexity index is 1170. The molecule has 0 radical (unpaired) electrons. The van der Waals surface area contributed by atoms with Crippen LogP contribution in [0.15, 0.2) is 36.4 Å². The first kappa shape index (κ1) is 46.0. The van der Waals surface area contributed by atoms with Gasteiger partial charge in [-0.05, 0) is 70.6 Å². The van der Waals surface area contributed by atoms with Crippen molar-refractivity contribution in [3.8, 4) is 5.75 Å². The van der Waals surface area contributed by atoms with Crippen LogP contribution >= 0.6 is 0 Å². The van der Waals surface area contributed by atoms with Gasteiger partial charge in [0.05, 0.1) is 26.2 Å². The summed E-state index contributed by atoms with van der Waals surface area (Å²) >= 11 is 0. The fourth-order valence-corrected chi connectivity index (χ4v) is 5.56. The number of alkyl halides is 2. The monoisotopic (exact) mass is 725 g/mol. The van der Waals surface area contributed by atoms with E-state index in [1.54, 1.807) is 51.1 Å². The number of allylic oxidation sites excluding steroid dienone is 1. The van der Waals surface area contributed by atoms with Crippen LogP contribution in [0.1, 0.15) is 130 Å². The average molecular weight is 726 g/mol. The van der Waals surface area contributed by atoms with Gasteiger partial charge in [0.2, 0.25) is 17.4 Å². The molecule has 51 heavy (non-hydrogen) atoms. The van der Waals surface area contributed by atoms with Crippen molar-refractivity contribution in [3.05, 3.63) is 42.0 Å². The molecule has 11 heteroatoms. The van der Waals surface area contributed by atoms with Crippen molar-refractivity contribution in [2.45, 2.75) is 154 Å². The predicted octanol–water partition coefficient (Wildman–Crippen LogP) is 8.29. The summed E-state index contributed by atoms with van der Waals surface area (Å²) in [6.07, 6.45) is 12.4. The van der Waals surface area contributed by atoms with Crippen LogP contribution in [-0.4, -0.2) is 73.6 Å². The third-order valence-corrected chi connectivity index (χ3v) is 8.48. The smallest absolute Gasteiger partial charge is 0.342 e. The molecule has 0 bridgehead atoms. The highest BCUT2D eigenvalue weighted by molar-refractivity contribution is 5.93. The number of ether oxygens (including phenoxy) is 4. The van der Waals surface area contributed by atoms with E-state index in [-0.39, 0.29) is 19.3 Å².